The summed E-state index contributed by atoms with van der Waals surface area (Å²) in [4.78, 5) is 11.7. The molecule has 1 amide bonds. The number of carbonyl (C=O) groups is 1. The maximum absolute atomic E-state index is 11.7. The minimum Gasteiger partial charge on any atom is -0.486 e. The van der Waals surface area contributed by atoms with Crippen LogP contribution in [0.1, 0.15) is 6.42 Å². The van der Waals surface area contributed by atoms with Gasteiger partial charge < -0.3 is 25.3 Å². The van der Waals surface area contributed by atoms with Crippen molar-refractivity contribution in [1.82, 2.24) is 5.32 Å². The average Bonchev–Trinajstić information content (AvgIpc) is 2.50. The molecular weight excluding hydrogens is 260 g/mol. The summed E-state index contributed by atoms with van der Waals surface area (Å²) in [5, 5.41) is 2.77. The summed E-state index contributed by atoms with van der Waals surface area (Å²) in [6.07, 6.45) is 0.288. The number of hydrogen-bond acceptors (Lipinski definition) is 5. The van der Waals surface area contributed by atoms with Gasteiger partial charge in [-0.2, -0.15) is 0 Å². The highest BCUT2D eigenvalue weighted by Crippen LogP contribution is 2.30. The van der Waals surface area contributed by atoms with Gasteiger partial charge in [-0.15, -0.1) is 0 Å². The quantitative estimate of drug-likeness (QED) is 0.783. The number of benzene rings is 1. The molecule has 2 atom stereocenters. The van der Waals surface area contributed by atoms with Crippen LogP contribution in [0.5, 0.6) is 11.5 Å². The molecule has 0 saturated carbocycles. The molecule has 0 spiro atoms. The minimum atomic E-state index is -0.563. The molecule has 6 heteroatoms. The van der Waals surface area contributed by atoms with E-state index in [0.717, 1.165) is 5.75 Å². The third kappa shape index (κ3) is 3.85. The van der Waals surface area contributed by atoms with Gasteiger partial charge in [0.15, 0.2) is 11.5 Å². The molecule has 0 bridgehead atoms. The average molecular weight is 280 g/mol. The molecule has 3 N–H and O–H groups in total. The van der Waals surface area contributed by atoms with Crippen molar-refractivity contribution in [3.8, 4) is 11.5 Å². The number of ether oxygens (including phenoxy) is 3. The molecule has 20 heavy (non-hydrogen) atoms. The van der Waals surface area contributed by atoms with Gasteiger partial charge in [0.25, 0.3) is 0 Å². The predicted molar refractivity (Wildman–Crippen MR) is 73.8 cm³/mol. The SMILES string of the molecule is COCCC(N)C(=O)NCC1COc2ccccc2O1. The molecule has 6 nitrogen and oxygen atoms in total. The van der Waals surface area contributed by atoms with Crippen LogP contribution in [0.25, 0.3) is 0 Å². The Balaban J connectivity index is 1.77. The fraction of sp³-hybridized carbons (Fsp3) is 0.500. The standard InChI is InChI=1S/C14H20N2O4/c1-18-7-6-11(15)14(17)16-8-10-9-19-12-4-2-3-5-13(12)20-10/h2-5,10-11H,6-9,15H2,1H3,(H,16,17). The lowest BCUT2D eigenvalue weighted by Crippen LogP contribution is -2.47. The molecule has 0 saturated heterocycles. The normalized spacial score (nSPS) is 18.4. The number of methoxy groups -OCH3 is 1. The molecule has 0 radical (unpaired) electrons. The molecular formula is C14H20N2O4. The van der Waals surface area contributed by atoms with Crippen molar-refractivity contribution in [1.29, 1.82) is 0 Å². The van der Waals surface area contributed by atoms with Crippen molar-refractivity contribution in [2.45, 2.75) is 18.6 Å². The van der Waals surface area contributed by atoms with E-state index in [2.05, 4.69) is 5.32 Å². The van der Waals surface area contributed by atoms with E-state index in [4.69, 9.17) is 19.9 Å². The van der Waals surface area contributed by atoms with Crippen molar-refractivity contribution in [2.75, 3.05) is 26.9 Å². The van der Waals surface area contributed by atoms with Crippen LogP contribution in [0.2, 0.25) is 0 Å². The molecule has 0 fully saturated rings. The Hall–Kier alpha value is -1.79. The zero-order chi connectivity index (χ0) is 14.4. The van der Waals surface area contributed by atoms with Gasteiger partial charge >= 0.3 is 0 Å². The van der Waals surface area contributed by atoms with Gasteiger partial charge in [0.2, 0.25) is 5.91 Å². The van der Waals surface area contributed by atoms with E-state index in [1.54, 1.807) is 7.11 Å². The number of nitrogens with one attached hydrogen (secondary N) is 1. The Kier molecular flexibility index (Phi) is 5.20. The highest BCUT2D eigenvalue weighted by atomic mass is 16.6. The third-order valence-corrected chi connectivity index (χ3v) is 3.04. The Labute approximate surface area is 118 Å². The van der Waals surface area contributed by atoms with Crippen molar-refractivity contribution >= 4 is 5.91 Å². The zero-order valence-corrected chi connectivity index (χ0v) is 11.5. The van der Waals surface area contributed by atoms with E-state index in [1.165, 1.54) is 0 Å². The molecule has 2 unspecified atom stereocenters. The third-order valence-electron chi connectivity index (χ3n) is 3.04. The molecule has 1 heterocycles. The molecule has 0 aliphatic carbocycles. The lowest BCUT2D eigenvalue weighted by atomic mass is 10.2. The molecule has 1 aliphatic rings. The van der Waals surface area contributed by atoms with E-state index in [-0.39, 0.29) is 12.0 Å². The van der Waals surface area contributed by atoms with Gasteiger partial charge in [0, 0.05) is 13.7 Å². The van der Waals surface area contributed by atoms with Crippen molar-refractivity contribution in [3.63, 3.8) is 0 Å². The first-order valence-electron chi connectivity index (χ1n) is 6.61. The first kappa shape index (κ1) is 14.6. The van der Waals surface area contributed by atoms with Gasteiger partial charge in [0.1, 0.15) is 12.7 Å². The second-order valence-corrected chi connectivity index (χ2v) is 4.63. The summed E-state index contributed by atoms with van der Waals surface area (Å²) in [5.74, 6) is 1.22. The first-order chi connectivity index (χ1) is 9.70. The van der Waals surface area contributed by atoms with Gasteiger partial charge in [-0.3, -0.25) is 4.79 Å². The summed E-state index contributed by atoms with van der Waals surface area (Å²) in [7, 11) is 1.58. The van der Waals surface area contributed by atoms with Crippen LogP contribution in [0.3, 0.4) is 0 Å². The van der Waals surface area contributed by atoms with Gasteiger partial charge in [0.05, 0.1) is 12.6 Å². The first-order valence-corrected chi connectivity index (χ1v) is 6.61. The zero-order valence-electron chi connectivity index (χ0n) is 11.5. The van der Waals surface area contributed by atoms with Gasteiger partial charge in [-0.1, -0.05) is 12.1 Å². The van der Waals surface area contributed by atoms with Crippen LogP contribution < -0.4 is 20.5 Å². The van der Waals surface area contributed by atoms with E-state index in [9.17, 15) is 4.79 Å². The monoisotopic (exact) mass is 280 g/mol. The number of nitrogens with two attached hydrogens (primary N) is 1. The lowest BCUT2D eigenvalue weighted by Gasteiger charge is -2.26. The van der Waals surface area contributed by atoms with Crippen LogP contribution >= 0.6 is 0 Å². The molecule has 110 valence electrons. The second-order valence-electron chi connectivity index (χ2n) is 4.63. The van der Waals surface area contributed by atoms with Crippen molar-refractivity contribution < 1.29 is 19.0 Å². The predicted octanol–water partition coefficient (Wildman–Crippen LogP) is 0.306. The van der Waals surface area contributed by atoms with E-state index in [1.807, 2.05) is 24.3 Å². The van der Waals surface area contributed by atoms with E-state index < -0.39 is 6.04 Å². The van der Waals surface area contributed by atoms with Crippen LogP contribution in [0.4, 0.5) is 0 Å². The fourth-order valence-electron chi connectivity index (χ4n) is 1.89. The molecule has 2 rings (SSSR count). The highest BCUT2D eigenvalue weighted by molar-refractivity contribution is 5.81. The number of fused-ring (bicyclic) bond motifs is 1. The highest BCUT2D eigenvalue weighted by Gasteiger charge is 2.22. The van der Waals surface area contributed by atoms with Crippen molar-refractivity contribution in [3.05, 3.63) is 24.3 Å². The molecule has 1 aromatic rings. The maximum atomic E-state index is 11.7. The number of para-hydroxylation sites is 2. The maximum Gasteiger partial charge on any atom is 0.237 e. The van der Waals surface area contributed by atoms with Crippen molar-refractivity contribution in [2.24, 2.45) is 5.73 Å². The summed E-state index contributed by atoms with van der Waals surface area (Å²) in [6.45, 7) is 1.24. The molecule has 1 aliphatic heterocycles. The van der Waals surface area contributed by atoms with E-state index in [0.29, 0.717) is 31.9 Å². The molecule has 0 aromatic heterocycles. The van der Waals surface area contributed by atoms with Crippen LogP contribution in [0, 0.1) is 0 Å². The van der Waals surface area contributed by atoms with Crippen LogP contribution in [-0.2, 0) is 9.53 Å². The summed E-state index contributed by atoms with van der Waals surface area (Å²) < 4.78 is 16.2. The molecule has 1 aromatic carbocycles. The Morgan fingerprint density at radius 3 is 3.00 bits per heavy atom. The summed E-state index contributed by atoms with van der Waals surface area (Å²) in [6, 6.07) is 6.90. The topological polar surface area (TPSA) is 82.8 Å². The largest absolute Gasteiger partial charge is 0.486 e. The van der Waals surface area contributed by atoms with Gasteiger partial charge in [-0.05, 0) is 18.6 Å². The Bertz CT molecular complexity index is 453. The lowest BCUT2D eigenvalue weighted by molar-refractivity contribution is -0.123. The minimum absolute atomic E-state index is 0.204. The number of rotatable bonds is 6. The smallest absolute Gasteiger partial charge is 0.237 e. The summed E-state index contributed by atoms with van der Waals surface area (Å²) >= 11 is 0. The number of amides is 1. The van der Waals surface area contributed by atoms with Crippen LogP contribution in [0.15, 0.2) is 24.3 Å². The Morgan fingerprint density at radius 2 is 2.25 bits per heavy atom. The van der Waals surface area contributed by atoms with E-state index >= 15 is 0 Å². The second kappa shape index (κ2) is 7.12. The fourth-order valence-corrected chi connectivity index (χ4v) is 1.89. The van der Waals surface area contributed by atoms with Crippen LogP contribution in [-0.4, -0.2) is 44.9 Å². The van der Waals surface area contributed by atoms with Gasteiger partial charge in [-0.25, -0.2) is 0 Å². The number of hydrogen-bond donors (Lipinski definition) is 2. The summed E-state index contributed by atoms with van der Waals surface area (Å²) in [5.41, 5.74) is 5.73. The Morgan fingerprint density at radius 1 is 1.50 bits per heavy atom. The number of carbonyl (C=O) groups excluding carboxylic acids is 1.